The van der Waals surface area contributed by atoms with Gasteiger partial charge in [0, 0.05) is 13.2 Å². The van der Waals surface area contributed by atoms with Gasteiger partial charge in [0.1, 0.15) is 12.2 Å². The smallest absolute Gasteiger partial charge is 0.253 e. The van der Waals surface area contributed by atoms with Crippen LogP contribution >= 0.6 is 0 Å². The number of nitrogens with one attached hydrogen (secondary N) is 3. The van der Waals surface area contributed by atoms with E-state index >= 15 is 0 Å². The van der Waals surface area contributed by atoms with Crippen LogP contribution in [0.1, 0.15) is 16.2 Å². The molecule has 0 radical (unpaired) electrons. The average Bonchev–Trinajstić information content (AvgIpc) is 2.89. The number of pyridine rings is 1. The minimum Gasteiger partial charge on any atom is -0.386 e. The van der Waals surface area contributed by atoms with Crippen molar-refractivity contribution in [1.82, 2.24) is 25.5 Å². The molecule has 7 heteroatoms. The summed E-state index contributed by atoms with van der Waals surface area (Å²) >= 11 is 0. The van der Waals surface area contributed by atoms with E-state index in [1.165, 1.54) is 6.33 Å². The van der Waals surface area contributed by atoms with Crippen LogP contribution in [0.2, 0.25) is 0 Å². The van der Waals surface area contributed by atoms with Gasteiger partial charge in [-0.15, -0.1) is 0 Å². The van der Waals surface area contributed by atoms with Crippen LogP contribution in [0, 0.1) is 0 Å². The maximum Gasteiger partial charge on any atom is 0.253 e. The zero-order chi connectivity index (χ0) is 12.1. The van der Waals surface area contributed by atoms with Gasteiger partial charge in [0.2, 0.25) is 0 Å². The van der Waals surface area contributed by atoms with Gasteiger partial charge >= 0.3 is 0 Å². The molecule has 1 amide bonds. The first-order valence-electron chi connectivity index (χ1n) is 5.05. The first kappa shape index (κ1) is 11.1. The Bertz CT molecular complexity index is 495. The Morgan fingerprint density at radius 1 is 1.53 bits per heavy atom. The van der Waals surface area contributed by atoms with Gasteiger partial charge in [-0.05, 0) is 6.07 Å². The molecular formula is C10H12N6O. The first-order valence-corrected chi connectivity index (χ1v) is 5.05. The lowest BCUT2D eigenvalue weighted by Gasteiger charge is -2.07. The lowest BCUT2D eigenvalue weighted by atomic mass is 10.2. The second kappa shape index (κ2) is 5.06. The molecule has 0 atom stereocenters. The van der Waals surface area contributed by atoms with Crippen LogP contribution in [-0.2, 0) is 6.54 Å². The number of H-pyrrole nitrogens is 1. The number of amides is 1. The maximum absolute atomic E-state index is 11.9. The van der Waals surface area contributed by atoms with Crippen molar-refractivity contribution in [2.45, 2.75) is 6.54 Å². The molecule has 0 aliphatic heterocycles. The summed E-state index contributed by atoms with van der Waals surface area (Å²) in [4.78, 5) is 19.7. The Kier molecular flexibility index (Phi) is 3.29. The summed E-state index contributed by atoms with van der Waals surface area (Å²) in [6.07, 6.45) is 4.57. The van der Waals surface area contributed by atoms with Gasteiger partial charge < -0.3 is 10.6 Å². The van der Waals surface area contributed by atoms with E-state index in [4.69, 9.17) is 0 Å². The fraction of sp³-hybridized carbons (Fsp3) is 0.200. The molecule has 7 nitrogen and oxygen atoms in total. The highest BCUT2D eigenvalue weighted by Gasteiger charge is 2.10. The molecule has 2 rings (SSSR count). The van der Waals surface area contributed by atoms with E-state index in [-0.39, 0.29) is 5.91 Å². The van der Waals surface area contributed by atoms with Gasteiger partial charge in [-0.1, -0.05) is 0 Å². The number of hydrogen-bond acceptors (Lipinski definition) is 5. The highest BCUT2D eigenvalue weighted by Crippen LogP contribution is 2.11. The number of anilines is 1. The van der Waals surface area contributed by atoms with E-state index in [1.807, 2.05) is 0 Å². The number of hydrogen-bond donors (Lipinski definition) is 3. The highest BCUT2D eigenvalue weighted by atomic mass is 16.1. The summed E-state index contributed by atoms with van der Waals surface area (Å²) in [7, 11) is 1.74. The Labute approximate surface area is 97.7 Å². The molecule has 0 aliphatic rings. The summed E-state index contributed by atoms with van der Waals surface area (Å²) in [6, 6.07) is 1.65. The van der Waals surface area contributed by atoms with Gasteiger partial charge in [-0.3, -0.25) is 14.9 Å². The third-order valence-corrected chi connectivity index (χ3v) is 2.22. The molecule has 17 heavy (non-hydrogen) atoms. The quantitative estimate of drug-likeness (QED) is 0.698. The lowest BCUT2D eigenvalue weighted by molar-refractivity contribution is 0.0950. The second-order valence-electron chi connectivity index (χ2n) is 3.29. The lowest BCUT2D eigenvalue weighted by Crippen LogP contribution is -2.24. The van der Waals surface area contributed by atoms with Gasteiger partial charge in [-0.25, -0.2) is 4.98 Å². The molecule has 0 aromatic carbocycles. The van der Waals surface area contributed by atoms with E-state index in [0.717, 1.165) is 0 Å². The van der Waals surface area contributed by atoms with Crippen LogP contribution in [0.5, 0.6) is 0 Å². The maximum atomic E-state index is 11.9. The summed E-state index contributed by atoms with van der Waals surface area (Å²) in [5, 5.41) is 12.0. The minimum absolute atomic E-state index is 0.187. The van der Waals surface area contributed by atoms with Crippen LogP contribution in [-0.4, -0.2) is 33.1 Å². The monoisotopic (exact) mass is 232 g/mol. The Hall–Kier alpha value is -2.44. The Morgan fingerprint density at radius 2 is 2.41 bits per heavy atom. The molecule has 2 aromatic rings. The molecule has 0 unspecified atom stereocenters. The molecule has 0 aliphatic carbocycles. The molecule has 88 valence electrons. The van der Waals surface area contributed by atoms with Gasteiger partial charge in [0.25, 0.3) is 5.91 Å². The number of nitrogens with zero attached hydrogens (tertiary/aromatic N) is 3. The first-order chi connectivity index (χ1) is 8.31. The van der Waals surface area contributed by atoms with Crippen molar-refractivity contribution in [3.05, 3.63) is 36.2 Å². The van der Waals surface area contributed by atoms with Gasteiger partial charge in [-0.2, -0.15) is 5.10 Å². The van der Waals surface area contributed by atoms with Crippen molar-refractivity contribution in [2.24, 2.45) is 0 Å². The van der Waals surface area contributed by atoms with Crippen molar-refractivity contribution in [1.29, 1.82) is 0 Å². The number of carbonyl (C=O) groups excluding carboxylic acids is 1. The largest absolute Gasteiger partial charge is 0.386 e. The standard InChI is InChI=1S/C10H12N6O/c1-11-8-4-12-3-2-7(8)10(17)13-5-9-14-6-15-16-9/h2-4,6,11H,5H2,1H3,(H,13,17)(H,14,15,16). The predicted octanol–water partition coefficient (Wildman–Crippen LogP) is 0.171. The van der Waals surface area contributed by atoms with E-state index in [0.29, 0.717) is 23.6 Å². The second-order valence-corrected chi connectivity index (χ2v) is 3.29. The fourth-order valence-electron chi connectivity index (χ4n) is 1.37. The van der Waals surface area contributed by atoms with E-state index in [9.17, 15) is 4.79 Å². The predicted molar refractivity (Wildman–Crippen MR) is 61.3 cm³/mol. The summed E-state index contributed by atoms with van der Waals surface area (Å²) in [5.74, 6) is 0.423. The molecule has 0 saturated carbocycles. The van der Waals surface area contributed by atoms with Crippen molar-refractivity contribution in [3.8, 4) is 0 Å². The van der Waals surface area contributed by atoms with E-state index in [2.05, 4.69) is 30.8 Å². The van der Waals surface area contributed by atoms with Gasteiger partial charge in [0.05, 0.1) is 24.0 Å². The van der Waals surface area contributed by atoms with E-state index < -0.39 is 0 Å². The molecule has 2 aromatic heterocycles. The SMILES string of the molecule is CNc1cnccc1C(=O)NCc1ncn[nH]1. The molecular weight excluding hydrogens is 220 g/mol. The highest BCUT2D eigenvalue weighted by molar-refractivity contribution is 5.99. The average molecular weight is 232 g/mol. The van der Waals surface area contributed by atoms with Crippen LogP contribution in [0.15, 0.2) is 24.8 Å². The van der Waals surface area contributed by atoms with Crippen molar-refractivity contribution in [2.75, 3.05) is 12.4 Å². The van der Waals surface area contributed by atoms with E-state index in [1.54, 1.807) is 25.5 Å². The van der Waals surface area contributed by atoms with Crippen molar-refractivity contribution < 1.29 is 4.79 Å². The molecule has 3 N–H and O–H groups in total. The number of rotatable bonds is 4. The molecule has 0 fully saturated rings. The Morgan fingerprint density at radius 3 is 3.12 bits per heavy atom. The number of aromatic nitrogens is 4. The van der Waals surface area contributed by atoms with Crippen LogP contribution in [0.4, 0.5) is 5.69 Å². The summed E-state index contributed by atoms with van der Waals surface area (Å²) < 4.78 is 0. The van der Waals surface area contributed by atoms with Crippen LogP contribution < -0.4 is 10.6 Å². The molecule has 2 heterocycles. The molecule has 0 bridgehead atoms. The normalized spacial score (nSPS) is 9.94. The molecule has 0 spiro atoms. The zero-order valence-corrected chi connectivity index (χ0v) is 9.27. The summed E-state index contributed by atoms with van der Waals surface area (Å²) in [6.45, 7) is 0.310. The fourth-order valence-corrected chi connectivity index (χ4v) is 1.37. The van der Waals surface area contributed by atoms with Crippen LogP contribution in [0.3, 0.4) is 0 Å². The third kappa shape index (κ3) is 2.57. The van der Waals surface area contributed by atoms with Crippen molar-refractivity contribution >= 4 is 11.6 Å². The zero-order valence-electron chi connectivity index (χ0n) is 9.27. The summed E-state index contributed by atoms with van der Waals surface area (Å²) in [5.41, 5.74) is 1.23. The Balaban J connectivity index is 2.04. The third-order valence-electron chi connectivity index (χ3n) is 2.22. The molecule has 0 saturated heterocycles. The number of carbonyl (C=O) groups is 1. The van der Waals surface area contributed by atoms with Crippen molar-refractivity contribution in [3.63, 3.8) is 0 Å². The van der Waals surface area contributed by atoms with Crippen LogP contribution in [0.25, 0.3) is 0 Å². The topological polar surface area (TPSA) is 95.6 Å². The minimum atomic E-state index is -0.187. The van der Waals surface area contributed by atoms with Gasteiger partial charge in [0.15, 0.2) is 0 Å². The number of aromatic amines is 1.